The van der Waals surface area contributed by atoms with Gasteiger partial charge in [0, 0.05) is 28.5 Å². The molecule has 0 radical (unpaired) electrons. The lowest BCUT2D eigenvalue weighted by Crippen LogP contribution is -2.16. The van der Waals surface area contributed by atoms with Crippen LogP contribution in [0.5, 0.6) is 0 Å². The molecule has 1 aromatic carbocycles. The SMILES string of the molecule is CCC(C)Nc1nc(C)cc(Nc2cc(Cl)ccc2C)n1. The van der Waals surface area contributed by atoms with Crippen molar-refractivity contribution in [2.75, 3.05) is 10.6 Å². The molecular weight excluding hydrogens is 284 g/mol. The van der Waals surface area contributed by atoms with Gasteiger partial charge in [-0.25, -0.2) is 4.98 Å². The Morgan fingerprint density at radius 2 is 1.95 bits per heavy atom. The molecule has 2 N–H and O–H groups in total. The second-order valence-corrected chi connectivity index (χ2v) is 5.69. The van der Waals surface area contributed by atoms with Gasteiger partial charge in [0.2, 0.25) is 5.95 Å². The van der Waals surface area contributed by atoms with Gasteiger partial charge in [0.15, 0.2) is 0 Å². The predicted octanol–water partition coefficient (Wildman–Crippen LogP) is 4.70. The van der Waals surface area contributed by atoms with E-state index in [1.807, 2.05) is 38.1 Å². The van der Waals surface area contributed by atoms with Crippen molar-refractivity contribution in [3.05, 3.63) is 40.5 Å². The molecule has 2 aromatic rings. The molecule has 21 heavy (non-hydrogen) atoms. The first-order valence-electron chi connectivity index (χ1n) is 7.13. The molecular formula is C16H21ClN4. The van der Waals surface area contributed by atoms with Crippen LogP contribution < -0.4 is 10.6 Å². The minimum atomic E-state index is 0.340. The Hall–Kier alpha value is -1.81. The van der Waals surface area contributed by atoms with E-state index >= 15 is 0 Å². The van der Waals surface area contributed by atoms with Gasteiger partial charge >= 0.3 is 0 Å². The standard InChI is InChI=1S/C16H21ClN4/c1-5-11(3)18-16-19-12(4)8-15(21-16)20-14-9-13(17)7-6-10(14)2/h6-9,11H,5H2,1-4H3,(H2,18,19,20,21). The van der Waals surface area contributed by atoms with Gasteiger partial charge in [-0.1, -0.05) is 24.6 Å². The summed E-state index contributed by atoms with van der Waals surface area (Å²) in [6, 6.07) is 8.02. The number of rotatable bonds is 5. The van der Waals surface area contributed by atoms with Crippen molar-refractivity contribution >= 4 is 29.1 Å². The molecule has 0 aliphatic carbocycles. The zero-order chi connectivity index (χ0) is 15.4. The molecule has 0 spiro atoms. The van der Waals surface area contributed by atoms with Crippen LogP contribution in [0.2, 0.25) is 5.02 Å². The molecule has 1 heterocycles. The molecule has 0 aliphatic rings. The zero-order valence-corrected chi connectivity index (χ0v) is 13.6. The van der Waals surface area contributed by atoms with E-state index in [9.17, 15) is 0 Å². The number of hydrogen-bond donors (Lipinski definition) is 2. The molecule has 0 saturated carbocycles. The number of hydrogen-bond acceptors (Lipinski definition) is 4. The molecule has 0 fully saturated rings. The molecule has 0 saturated heterocycles. The normalized spacial score (nSPS) is 12.0. The van der Waals surface area contributed by atoms with Crippen LogP contribution in [0.25, 0.3) is 0 Å². The average molecular weight is 305 g/mol. The van der Waals surface area contributed by atoms with E-state index in [2.05, 4.69) is 34.4 Å². The average Bonchev–Trinajstić information content (AvgIpc) is 2.42. The van der Waals surface area contributed by atoms with E-state index in [0.717, 1.165) is 29.2 Å². The highest BCUT2D eigenvalue weighted by molar-refractivity contribution is 6.30. The van der Waals surface area contributed by atoms with Crippen molar-refractivity contribution in [3.63, 3.8) is 0 Å². The summed E-state index contributed by atoms with van der Waals surface area (Å²) in [4.78, 5) is 8.93. The fourth-order valence-electron chi connectivity index (χ4n) is 1.89. The predicted molar refractivity (Wildman–Crippen MR) is 89.6 cm³/mol. The van der Waals surface area contributed by atoms with E-state index in [1.165, 1.54) is 0 Å². The number of aryl methyl sites for hydroxylation is 2. The number of benzene rings is 1. The lowest BCUT2D eigenvalue weighted by atomic mass is 10.2. The van der Waals surface area contributed by atoms with Crippen LogP contribution in [0.3, 0.4) is 0 Å². The van der Waals surface area contributed by atoms with Crippen molar-refractivity contribution in [2.45, 2.75) is 40.2 Å². The summed E-state index contributed by atoms with van der Waals surface area (Å²) >= 11 is 6.05. The maximum Gasteiger partial charge on any atom is 0.225 e. The quantitative estimate of drug-likeness (QED) is 0.840. The molecule has 2 rings (SSSR count). The molecule has 0 aliphatic heterocycles. The first-order chi connectivity index (χ1) is 9.97. The minimum absolute atomic E-state index is 0.340. The maximum atomic E-state index is 6.05. The lowest BCUT2D eigenvalue weighted by Gasteiger charge is -2.14. The largest absolute Gasteiger partial charge is 0.352 e. The lowest BCUT2D eigenvalue weighted by molar-refractivity contribution is 0.752. The Balaban J connectivity index is 2.25. The summed E-state index contributed by atoms with van der Waals surface area (Å²) < 4.78 is 0. The summed E-state index contributed by atoms with van der Waals surface area (Å²) in [5.41, 5.74) is 2.99. The number of anilines is 3. The van der Waals surface area contributed by atoms with Crippen molar-refractivity contribution < 1.29 is 0 Å². The number of halogens is 1. The van der Waals surface area contributed by atoms with Crippen LogP contribution in [0.1, 0.15) is 31.5 Å². The van der Waals surface area contributed by atoms with Crippen LogP contribution in [-0.4, -0.2) is 16.0 Å². The van der Waals surface area contributed by atoms with Crippen molar-refractivity contribution in [3.8, 4) is 0 Å². The summed E-state index contributed by atoms with van der Waals surface area (Å²) in [6.45, 7) is 8.23. The van der Waals surface area contributed by atoms with Crippen molar-refractivity contribution in [2.24, 2.45) is 0 Å². The summed E-state index contributed by atoms with van der Waals surface area (Å²) in [5, 5.41) is 7.31. The molecule has 1 unspecified atom stereocenters. The van der Waals surface area contributed by atoms with E-state index in [-0.39, 0.29) is 0 Å². The Kier molecular flexibility index (Phi) is 5.02. The fraction of sp³-hybridized carbons (Fsp3) is 0.375. The Bertz CT molecular complexity index is 628. The Morgan fingerprint density at radius 3 is 2.67 bits per heavy atom. The third-order valence-corrected chi connectivity index (χ3v) is 3.54. The van der Waals surface area contributed by atoms with Crippen LogP contribution in [0.15, 0.2) is 24.3 Å². The second-order valence-electron chi connectivity index (χ2n) is 5.26. The van der Waals surface area contributed by atoms with Crippen molar-refractivity contribution in [1.29, 1.82) is 0 Å². The minimum Gasteiger partial charge on any atom is -0.352 e. The second kappa shape index (κ2) is 6.76. The molecule has 112 valence electrons. The fourth-order valence-corrected chi connectivity index (χ4v) is 2.06. The molecule has 1 aromatic heterocycles. The third kappa shape index (κ3) is 4.33. The Morgan fingerprint density at radius 1 is 1.19 bits per heavy atom. The van der Waals surface area contributed by atoms with Gasteiger partial charge in [-0.05, 0) is 44.9 Å². The molecule has 0 amide bonds. The summed E-state index contributed by atoms with van der Waals surface area (Å²) in [5.74, 6) is 1.41. The van der Waals surface area contributed by atoms with Crippen molar-refractivity contribution in [1.82, 2.24) is 9.97 Å². The van der Waals surface area contributed by atoms with E-state index < -0.39 is 0 Å². The first kappa shape index (κ1) is 15.6. The zero-order valence-electron chi connectivity index (χ0n) is 12.9. The van der Waals surface area contributed by atoms with Crippen LogP contribution in [0, 0.1) is 13.8 Å². The molecule has 1 atom stereocenters. The number of nitrogens with zero attached hydrogens (tertiary/aromatic N) is 2. The highest BCUT2D eigenvalue weighted by Gasteiger charge is 2.07. The Labute approximate surface area is 131 Å². The highest BCUT2D eigenvalue weighted by Crippen LogP contribution is 2.24. The van der Waals surface area contributed by atoms with E-state index in [1.54, 1.807) is 0 Å². The van der Waals surface area contributed by atoms with Gasteiger partial charge < -0.3 is 10.6 Å². The van der Waals surface area contributed by atoms with Gasteiger partial charge in [0.1, 0.15) is 5.82 Å². The van der Waals surface area contributed by atoms with E-state index in [4.69, 9.17) is 11.6 Å². The van der Waals surface area contributed by atoms with Gasteiger partial charge in [0.05, 0.1) is 0 Å². The van der Waals surface area contributed by atoms with Gasteiger partial charge in [-0.15, -0.1) is 0 Å². The van der Waals surface area contributed by atoms with Crippen LogP contribution >= 0.6 is 11.6 Å². The summed E-state index contributed by atoms with van der Waals surface area (Å²) in [7, 11) is 0. The van der Waals surface area contributed by atoms with Gasteiger partial charge in [0.25, 0.3) is 0 Å². The molecule has 5 heteroatoms. The number of aromatic nitrogens is 2. The van der Waals surface area contributed by atoms with Gasteiger partial charge in [-0.3, -0.25) is 0 Å². The smallest absolute Gasteiger partial charge is 0.225 e. The van der Waals surface area contributed by atoms with Crippen LogP contribution in [0.4, 0.5) is 17.5 Å². The first-order valence-corrected chi connectivity index (χ1v) is 7.51. The highest BCUT2D eigenvalue weighted by atomic mass is 35.5. The van der Waals surface area contributed by atoms with E-state index in [0.29, 0.717) is 17.0 Å². The topological polar surface area (TPSA) is 49.8 Å². The molecule has 4 nitrogen and oxygen atoms in total. The monoisotopic (exact) mass is 304 g/mol. The third-order valence-electron chi connectivity index (χ3n) is 3.30. The van der Waals surface area contributed by atoms with Gasteiger partial charge in [-0.2, -0.15) is 4.98 Å². The van der Waals surface area contributed by atoms with Crippen LogP contribution in [-0.2, 0) is 0 Å². The molecule has 0 bridgehead atoms. The summed E-state index contributed by atoms with van der Waals surface area (Å²) in [6.07, 6.45) is 1.02. The maximum absolute atomic E-state index is 6.05. The number of nitrogens with one attached hydrogen (secondary N) is 2.